The lowest BCUT2D eigenvalue weighted by Gasteiger charge is -2.16. The number of nitrogens with one attached hydrogen (secondary N) is 1. The molecule has 0 aromatic heterocycles. The minimum absolute atomic E-state index is 0.0193. The zero-order valence-electron chi connectivity index (χ0n) is 13.0. The van der Waals surface area contributed by atoms with Crippen LogP contribution in [0.1, 0.15) is 50.7 Å². The average molecular weight is 333 g/mol. The van der Waals surface area contributed by atoms with Gasteiger partial charge in [-0.1, -0.05) is 27.7 Å². The molecule has 1 aromatic carbocycles. The van der Waals surface area contributed by atoms with E-state index in [2.05, 4.69) is 11.6 Å². The summed E-state index contributed by atoms with van der Waals surface area (Å²) in [5.41, 5.74) is 7.15. The summed E-state index contributed by atoms with van der Waals surface area (Å²) in [5.74, 6) is 4.52. The fourth-order valence-corrected chi connectivity index (χ4v) is 2.23. The largest absolute Gasteiger partial charge is 0.507 e. The number of hydrazine groups is 1. The Bertz CT molecular complexity index is 598. The molecule has 0 aliphatic carbocycles. The van der Waals surface area contributed by atoms with Crippen molar-refractivity contribution in [3.63, 3.8) is 0 Å². The molecule has 2 amide bonds. The van der Waals surface area contributed by atoms with Crippen LogP contribution in [0.2, 0.25) is 0 Å². The summed E-state index contributed by atoms with van der Waals surface area (Å²) in [6, 6.07) is 1.92. The molecule has 126 valence electrons. The zero-order valence-corrected chi connectivity index (χ0v) is 13.8. The third kappa shape index (κ3) is 5.88. The van der Waals surface area contributed by atoms with Crippen LogP contribution in [-0.2, 0) is 10.1 Å². The molecule has 9 heteroatoms. The van der Waals surface area contributed by atoms with Gasteiger partial charge in [-0.15, -0.1) is 0 Å². The second-order valence-corrected chi connectivity index (χ2v) is 6.66. The molecule has 0 unspecified atom stereocenters. The highest BCUT2D eigenvalue weighted by molar-refractivity contribution is 7.85. The summed E-state index contributed by atoms with van der Waals surface area (Å²) >= 11 is 0. The van der Waals surface area contributed by atoms with E-state index in [0.29, 0.717) is 11.1 Å². The number of hydrogen-bond acceptors (Lipinski definition) is 5. The predicted molar refractivity (Wildman–Crippen MR) is 83.0 cm³/mol. The Morgan fingerprint density at radius 3 is 1.64 bits per heavy atom. The molecule has 7 N–H and O–H groups in total. The number of rotatable bonds is 3. The minimum atomic E-state index is -4.24. The van der Waals surface area contributed by atoms with E-state index in [1.807, 2.05) is 27.7 Å². The molecule has 0 atom stereocenters. The molecule has 0 spiro atoms. The van der Waals surface area contributed by atoms with Gasteiger partial charge in [0.1, 0.15) is 5.75 Å². The summed E-state index contributed by atoms with van der Waals surface area (Å²) in [6.07, 6.45) is 0. The van der Waals surface area contributed by atoms with Crippen molar-refractivity contribution in [2.75, 3.05) is 0 Å². The van der Waals surface area contributed by atoms with Crippen LogP contribution >= 0.6 is 0 Å². The monoisotopic (exact) mass is 333 g/mol. The summed E-state index contributed by atoms with van der Waals surface area (Å²) < 4.78 is 31.4. The van der Waals surface area contributed by atoms with Gasteiger partial charge in [0.05, 0.1) is 4.90 Å². The highest BCUT2D eigenvalue weighted by Gasteiger charge is 2.19. The summed E-state index contributed by atoms with van der Waals surface area (Å²) in [4.78, 5) is 9.19. The number of aromatic hydroxyl groups is 1. The van der Waals surface area contributed by atoms with E-state index in [-0.39, 0.29) is 22.5 Å². The number of carbonyl (C=O) groups excluding carboxylic acids is 1. The van der Waals surface area contributed by atoms with E-state index in [9.17, 15) is 18.3 Å². The lowest BCUT2D eigenvalue weighted by atomic mass is 9.94. The Labute approximate surface area is 130 Å². The quantitative estimate of drug-likeness (QED) is 0.244. The molecular weight excluding hydrogens is 310 g/mol. The molecular formula is C13H23N3O5S. The van der Waals surface area contributed by atoms with E-state index in [1.165, 1.54) is 12.1 Å². The van der Waals surface area contributed by atoms with Gasteiger partial charge in [-0.2, -0.15) is 8.42 Å². The second kappa shape index (κ2) is 7.97. The number of amides is 2. The molecule has 8 nitrogen and oxygen atoms in total. The molecule has 0 radical (unpaired) electrons. The van der Waals surface area contributed by atoms with Gasteiger partial charge in [0.15, 0.2) is 0 Å². The molecule has 1 rings (SSSR count). The van der Waals surface area contributed by atoms with Crippen molar-refractivity contribution in [3.8, 4) is 5.75 Å². The van der Waals surface area contributed by atoms with Crippen LogP contribution in [0.25, 0.3) is 0 Å². The Hall–Kier alpha value is -1.84. The number of carbonyl (C=O) groups is 1. The fraction of sp³-hybridized carbons (Fsp3) is 0.462. The molecule has 1 aromatic rings. The maximum absolute atomic E-state index is 11.2. The molecule has 0 fully saturated rings. The second-order valence-electron chi connectivity index (χ2n) is 5.24. The van der Waals surface area contributed by atoms with Crippen LogP contribution in [0.3, 0.4) is 0 Å². The summed E-state index contributed by atoms with van der Waals surface area (Å²) in [6.45, 7) is 7.42. The van der Waals surface area contributed by atoms with Crippen molar-refractivity contribution in [3.05, 3.63) is 23.3 Å². The topological polar surface area (TPSA) is 156 Å². The fourth-order valence-electron chi connectivity index (χ4n) is 1.68. The van der Waals surface area contributed by atoms with Gasteiger partial charge in [0.25, 0.3) is 10.1 Å². The van der Waals surface area contributed by atoms with E-state index >= 15 is 0 Å². The Kier molecular flexibility index (Phi) is 7.30. The first kappa shape index (κ1) is 20.2. The number of primary amides is 1. The van der Waals surface area contributed by atoms with Gasteiger partial charge in [-0.25, -0.2) is 10.6 Å². The van der Waals surface area contributed by atoms with Crippen LogP contribution in [0.4, 0.5) is 4.79 Å². The maximum Gasteiger partial charge on any atom is 0.326 e. The van der Waals surface area contributed by atoms with E-state index < -0.39 is 16.1 Å². The molecule has 22 heavy (non-hydrogen) atoms. The SMILES string of the molecule is CC(C)c1cc(S(=O)(=O)O)cc(C(C)C)c1O.NNC(N)=O. The predicted octanol–water partition coefficient (Wildman–Crippen LogP) is 1.41. The van der Waals surface area contributed by atoms with Crippen LogP contribution in [0.5, 0.6) is 5.75 Å². The van der Waals surface area contributed by atoms with Crippen molar-refractivity contribution < 1.29 is 22.9 Å². The normalized spacial score (nSPS) is 11.1. The van der Waals surface area contributed by atoms with Crippen LogP contribution in [0, 0.1) is 0 Å². The molecule has 0 heterocycles. The van der Waals surface area contributed by atoms with Gasteiger partial charge >= 0.3 is 6.03 Å². The average Bonchev–Trinajstić information content (AvgIpc) is 2.37. The Morgan fingerprint density at radius 2 is 1.45 bits per heavy atom. The van der Waals surface area contributed by atoms with Crippen molar-refractivity contribution in [2.24, 2.45) is 11.6 Å². The van der Waals surface area contributed by atoms with Crippen LogP contribution in [0.15, 0.2) is 17.0 Å². The highest BCUT2D eigenvalue weighted by Crippen LogP contribution is 2.35. The van der Waals surface area contributed by atoms with Gasteiger partial charge in [0.2, 0.25) is 0 Å². The van der Waals surface area contributed by atoms with E-state index in [4.69, 9.17) is 4.55 Å². The number of hydrogen-bond donors (Lipinski definition) is 5. The Balaban J connectivity index is 0.000000763. The molecule has 0 saturated heterocycles. The lowest BCUT2D eigenvalue weighted by Crippen LogP contribution is -2.34. The standard InChI is InChI=1S/C12H18O4S.CH5N3O/c1-7(2)10-5-9(17(14,15)16)6-11(8(3)4)12(10)13;2-1(5)4-3/h5-8,13H,1-4H3,(H,14,15,16);3H2,(H3,2,4,5). The summed E-state index contributed by atoms with van der Waals surface area (Å²) in [7, 11) is -4.24. The maximum atomic E-state index is 11.2. The first-order valence-electron chi connectivity index (χ1n) is 6.52. The first-order valence-corrected chi connectivity index (χ1v) is 7.96. The number of benzene rings is 1. The lowest BCUT2D eigenvalue weighted by molar-refractivity contribution is 0.249. The number of nitrogens with two attached hydrogens (primary N) is 2. The van der Waals surface area contributed by atoms with Crippen molar-refractivity contribution in [1.82, 2.24) is 5.43 Å². The third-order valence-corrected chi connectivity index (χ3v) is 3.66. The van der Waals surface area contributed by atoms with Gasteiger partial charge in [-0.3, -0.25) is 9.98 Å². The summed E-state index contributed by atoms with van der Waals surface area (Å²) in [5, 5.41) is 10.0. The molecule has 0 aliphatic heterocycles. The van der Waals surface area contributed by atoms with E-state index in [0.717, 1.165) is 0 Å². The van der Waals surface area contributed by atoms with Gasteiger partial charge < -0.3 is 10.8 Å². The van der Waals surface area contributed by atoms with Crippen molar-refractivity contribution in [1.29, 1.82) is 0 Å². The van der Waals surface area contributed by atoms with Crippen LogP contribution < -0.4 is 17.0 Å². The van der Waals surface area contributed by atoms with Gasteiger partial charge in [-0.05, 0) is 35.1 Å². The third-order valence-electron chi connectivity index (χ3n) is 2.83. The number of urea groups is 1. The number of phenols is 1. The van der Waals surface area contributed by atoms with Crippen molar-refractivity contribution >= 4 is 16.1 Å². The zero-order chi connectivity index (χ0) is 17.7. The van der Waals surface area contributed by atoms with Crippen molar-refractivity contribution in [2.45, 2.75) is 44.4 Å². The highest BCUT2D eigenvalue weighted by atomic mass is 32.2. The minimum Gasteiger partial charge on any atom is -0.507 e. The smallest absolute Gasteiger partial charge is 0.326 e. The van der Waals surface area contributed by atoms with Gasteiger partial charge in [0, 0.05) is 0 Å². The number of phenolic OH excluding ortho intramolecular Hbond substituents is 1. The van der Waals surface area contributed by atoms with Crippen LogP contribution in [-0.4, -0.2) is 24.1 Å². The van der Waals surface area contributed by atoms with E-state index in [1.54, 1.807) is 5.43 Å². The molecule has 0 saturated carbocycles. The molecule has 0 aliphatic rings. The Morgan fingerprint density at radius 1 is 1.14 bits per heavy atom. The first-order chi connectivity index (χ1) is 9.91. The molecule has 0 bridgehead atoms.